The van der Waals surface area contributed by atoms with Gasteiger partial charge in [-0.15, -0.1) is 0 Å². The third kappa shape index (κ3) is 4.69. The van der Waals surface area contributed by atoms with E-state index in [1.165, 1.54) is 18.3 Å². The second kappa shape index (κ2) is 7.38. The molecule has 0 unspecified atom stereocenters. The maximum absolute atomic E-state index is 12.2. The number of hydrogen-bond acceptors (Lipinski definition) is 4. The van der Waals surface area contributed by atoms with Gasteiger partial charge in [0, 0.05) is 24.2 Å². The lowest BCUT2D eigenvalue weighted by molar-refractivity contribution is -0.154. The number of benzene rings is 1. The lowest BCUT2D eigenvalue weighted by Crippen LogP contribution is -2.24. The zero-order valence-electron chi connectivity index (χ0n) is 13.5. The van der Waals surface area contributed by atoms with Crippen molar-refractivity contribution in [3.8, 4) is 5.88 Å². The van der Waals surface area contributed by atoms with E-state index in [1.807, 2.05) is 30.3 Å². The molecule has 2 aromatic heterocycles. The summed E-state index contributed by atoms with van der Waals surface area (Å²) in [4.78, 5) is 20.3. The van der Waals surface area contributed by atoms with E-state index in [2.05, 4.69) is 20.0 Å². The van der Waals surface area contributed by atoms with Crippen LogP contribution in [0, 0.1) is 0 Å². The zero-order valence-corrected chi connectivity index (χ0v) is 13.5. The van der Waals surface area contributed by atoms with Gasteiger partial charge in [0.15, 0.2) is 6.61 Å². The molecule has 0 spiro atoms. The Bertz CT molecular complexity index is 911. The van der Waals surface area contributed by atoms with Crippen molar-refractivity contribution in [1.29, 1.82) is 0 Å². The van der Waals surface area contributed by atoms with Gasteiger partial charge in [-0.2, -0.15) is 13.2 Å². The van der Waals surface area contributed by atoms with Crippen molar-refractivity contribution in [2.75, 3.05) is 6.61 Å². The first-order valence-electron chi connectivity index (χ1n) is 7.69. The van der Waals surface area contributed by atoms with Crippen molar-refractivity contribution in [2.45, 2.75) is 12.7 Å². The first-order chi connectivity index (χ1) is 12.4. The minimum Gasteiger partial charge on any atom is -0.468 e. The third-order valence-corrected chi connectivity index (χ3v) is 3.47. The maximum Gasteiger partial charge on any atom is 0.422 e. The van der Waals surface area contributed by atoms with E-state index >= 15 is 0 Å². The molecular weight excluding hydrogens is 347 g/mol. The number of para-hydroxylation sites is 1. The molecule has 8 heteroatoms. The van der Waals surface area contributed by atoms with Gasteiger partial charge in [0.25, 0.3) is 5.91 Å². The highest BCUT2D eigenvalue weighted by Gasteiger charge is 2.28. The molecule has 1 amide bonds. The smallest absolute Gasteiger partial charge is 0.422 e. The van der Waals surface area contributed by atoms with E-state index in [9.17, 15) is 18.0 Å². The number of ether oxygens (including phenoxy) is 1. The fourth-order valence-electron chi connectivity index (χ4n) is 2.22. The molecule has 0 atom stereocenters. The van der Waals surface area contributed by atoms with Crippen LogP contribution in [0.2, 0.25) is 0 Å². The van der Waals surface area contributed by atoms with Gasteiger partial charge in [0.2, 0.25) is 5.88 Å². The lowest BCUT2D eigenvalue weighted by atomic mass is 10.2. The Morgan fingerprint density at radius 3 is 2.62 bits per heavy atom. The second-order valence-corrected chi connectivity index (χ2v) is 5.48. The SMILES string of the molecule is O=C(NCc1ccc(OCC(F)(F)F)nc1)c1ccc2ccccc2n1. The summed E-state index contributed by atoms with van der Waals surface area (Å²) in [6.07, 6.45) is -3.07. The number of amides is 1. The number of alkyl halides is 3. The van der Waals surface area contributed by atoms with Crippen LogP contribution in [-0.4, -0.2) is 28.7 Å². The molecule has 3 rings (SSSR count). The van der Waals surface area contributed by atoms with Crippen LogP contribution in [0.1, 0.15) is 16.1 Å². The second-order valence-electron chi connectivity index (χ2n) is 5.48. The van der Waals surface area contributed by atoms with Crippen LogP contribution in [0.15, 0.2) is 54.7 Å². The maximum atomic E-state index is 12.2. The fourth-order valence-corrected chi connectivity index (χ4v) is 2.22. The highest BCUT2D eigenvalue weighted by molar-refractivity contribution is 5.94. The summed E-state index contributed by atoms with van der Waals surface area (Å²) in [6.45, 7) is -1.23. The molecule has 134 valence electrons. The van der Waals surface area contributed by atoms with Gasteiger partial charge in [-0.1, -0.05) is 30.3 Å². The normalized spacial score (nSPS) is 11.3. The van der Waals surface area contributed by atoms with Crippen LogP contribution >= 0.6 is 0 Å². The Hall–Kier alpha value is -3.16. The van der Waals surface area contributed by atoms with Crippen LogP contribution < -0.4 is 10.1 Å². The molecule has 1 aromatic carbocycles. The summed E-state index contributed by atoms with van der Waals surface area (Å²) in [5.41, 5.74) is 1.62. The number of rotatable bonds is 5. The number of pyridine rings is 2. The van der Waals surface area contributed by atoms with Crippen molar-refractivity contribution in [1.82, 2.24) is 15.3 Å². The number of aromatic nitrogens is 2. The van der Waals surface area contributed by atoms with Crippen molar-refractivity contribution in [3.63, 3.8) is 0 Å². The van der Waals surface area contributed by atoms with E-state index in [0.717, 1.165) is 5.39 Å². The molecule has 0 saturated carbocycles. The Labute approximate surface area is 146 Å². The third-order valence-electron chi connectivity index (χ3n) is 3.47. The predicted molar refractivity (Wildman–Crippen MR) is 88.7 cm³/mol. The van der Waals surface area contributed by atoms with Gasteiger partial charge in [0.1, 0.15) is 5.69 Å². The zero-order chi connectivity index (χ0) is 18.6. The number of fused-ring (bicyclic) bond motifs is 1. The van der Waals surface area contributed by atoms with E-state index in [-0.39, 0.29) is 24.0 Å². The first-order valence-corrected chi connectivity index (χ1v) is 7.69. The quantitative estimate of drug-likeness (QED) is 0.755. The molecular formula is C18H14F3N3O2. The number of nitrogens with zero attached hydrogens (tertiary/aromatic N) is 2. The molecule has 5 nitrogen and oxygen atoms in total. The minimum absolute atomic E-state index is 0.131. The van der Waals surface area contributed by atoms with Crippen LogP contribution in [0.4, 0.5) is 13.2 Å². The molecule has 1 N–H and O–H groups in total. The highest BCUT2D eigenvalue weighted by Crippen LogP contribution is 2.17. The number of carbonyl (C=O) groups excluding carboxylic acids is 1. The molecule has 26 heavy (non-hydrogen) atoms. The van der Waals surface area contributed by atoms with E-state index in [4.69, 9.17) is 0 Å². The van der Waals surface area contributed by atoms with Gasteiger partial charge in [-0.3, -0.25) is 4.79 Å². The van der Waals surface area contributed by atoms with Crippen LogP contribution in [0.3, 0.4) is 0 Å². The molecule has 0 fully saturated rings. The first kappa shape index (κ1) is 17.7. The topological polar surface area (TPSA) is 64.1 Å². The van der Waals surface area contributed by atoms with Gasteiger partial charge >= 0.3 is 6.18 Å². The van der Waals surface area contributed by atoms with E-state index < -0.39 is 12.8 Å². The summed E-state index contributed by atoms with van der Waals surface area (Å²) in [6, 6.07) is 13.7. The molecule has 0 radical (unpaired) electrons. The highest BCUT2D eigenvalue weighted by atomic mass is 19.4. The molecule has 0 saturated heterocycles. The Morgan fingerprint density at radius 2 is 1.88 bits per heavy atom. The van der Waals surface area contributed by atoms with Gasteiger partial charge < -0.3 is 10.1 Å². The van der Waals surface area contributed by atoms with Crippen molar-refractivity contribution in [2.24, 2.45) is 0 Å². The van der Waals surface area contributed by atoms with Gasteiger partial charge in [0.05, 0.1) is 5.52 Å². The summed E-state index contributed by atoms with van der Waals surface area (Å²) in [7, 11) is 0. The van der Waals surface area contributed by atoms with E-state index in [0.29, 0.717) is 11.1 Å². The molecule has 0 aliphatic heterocycles. The number of carbonyl (C=O) groups is 1. The summed E-state index contributed by atoms with van der Waals surface area (Å²) >= 11 is 0. The number of nitrogens with one attached hydrogen (secondary N) is 1. The van der Waals surface area contributed by atoms with Crippen molar-refractivity contribution < 1.29 is 22.7 Å². The average molecular weight is 361 g/mol. The molecule has 0 bridgehead atoms. The van der Waals surface area contributed by atoms with E-state index in [1.54, 1.807) is 6.07 Å². The van der Waals surface area contributed by atoms with Crippen molar-refractivity contribution in [3.05, 3.63) is 66.0 Å². The van der Waals surface area contributed by atoms with Crippen molar-refractivity contribution >= 4 is 16.8 Å². The Morgan fingerprint density at radius 1 is 1.08 bits per heavy atom. The van der Waals surface area contributed by atoms with Gasteiger partial charge in [-0.05, 0) is 17.7 Å². The molecule has 0 aliphatic rings. The summed E-state index contributed by atoms with van der Waals surface area (Å²) in [5, 5.41) is 3.63. The monoisotopic (exact) mass is 361 g/mol. The van der Waals surface area contributed by atoms with Gasteiger partial charge in [-0.25, -0.2) is 9.97 Å². The Kier molecular flexibility index (Phi) is 5.01. The summed E-state index contributed by atoms with van der Waals surface area (Å²) in [5.74, 6) is -0.484. The van der Waals surface area contributed by atoms with Crippen LogP contribution in [0.25, 0.3) is 10.9 Å². The largest absolute Gasteiger partial charge is 0.468 e. The Balaban J connectivity index is 1.58. The standard InChI is InChI=1S/C18H14F3N3O2/c19-18(20,21)11-26-16-8-5-12(9-22-16)10-23-17(25)15-7-6-13-3-1-2-4-14(13)24-15/h1-9H,10-11H2,(H,23,25). The van der Waals surface area contributed by atoms with Crippen LogP contribution in [-0.2, 0) is 6.54 Å². The predicted octanol–water partition coefficient (Wildman–Crippen LogP) is 3.50. The average Bonchev–Trinajstić information content (AvgIpc) is 2.64. The molecule has 3 aromatic rings. The summed E-state index contributed by atoms with van der Waals surface area (Å²) < 4.78 is 40.8. The number of hydrogen-bond donors (Lipinski definition) is 1. The van der Waals surface area contributed by atoms with Crippen LogP contribution in [0.5, 0.6) is 5.88 Å². The molecule has 0 aliphatic carbocycles. The minimum atomic E-state index is -4.42. The lowest BCUT2D eigenvalue weighted by Gasteiger charge is -2.09. The number of halogens is 3. The fraction of sp³-hybridized carbons (Fsp3) is 0.167. The molecule has 2 heterocycles.